The van der Waals surface area contributed by atoms with Crippen LogP contribution < -0.4 is 10.6 Å². The highest BCUT2D eigenvalue weighted by Crippen LogP contribution is 2.20. The van der Waals surface area contributed by atoms with Crippen LogP contribution in [-0.2, 0) is 37.4 Å². The number of hydrogen-bond acceptors (Lipinski definition) is 7. The molecule has 1 aliphatic rings. The van der Waals surface area contributed by atoms with Crippen LogP contribution in [0.5, 0.6) is 0 Å². The van der Waals surface area contributed by atoms with Crippen molar-refractivity contribution < 1.29 is 32.6 Å². The number of nitrogens with one attached hydrogen (secondary N) is 2. The molecule has 1 heterocycles. The number of aliphatic hydroxyl groups is 1. The summed E-state index contributed by atoms with van der Waals surface area (Å²) in [5, 5.41) is 17.7. The first kappa shape index (κ1) is 34.2. The molecule has 0 aliphatic carbocycles. The first-order valence-corrected chi connectivity index (χ1v) is 15.8. The van der Waals surface area contributed by atoms with E-state index in [4.69, 9.17) is 9.47 Å². The summed E-state index contributed by atoms with van der Waals surface area (Å²) in [6, 6.07) is 17.1. The van der Waals surface area contributed by atoms with Crippen LogP contribution in [0.1, 0.15) is 45.7 Å². The van der Waals surface area contributed by atoms with Gasteiger partial charge in [-0.2, -0.15) is 8.42 Å². The molecular formula is C32H45N3O7S. The summed E-state index contributed by atoms with van der Waals surface area (Å²) >= 11 is 0. The molecule has 0 aromatic heterocycles. The summed E-state index contributed by atoms with van der Waals surface area (Å²) in [6.07, 6.45) is -1.44. The molecule has 1 fully saturated rings. The van der Waals surface area contributed by atoms with Crippen molar-refractivity contribution in [2.45, 2.75) is 71.2 Å². The highest BCUT2D eigenvalue weighted by molar-refractivity contribution is 7.73. The van der Waals surface area contributed by atoms with E-state index in [1.807, 2.05) is 60.7 Å². The smallest absolute Gasteiger partial charge is 0.407 e. The Morgan fingerprint density at radius 1 is 0.907 bits per heavy atom. The van der Waals surface area contributed by atoms with Gasteiger partial charge in [0.25, 0.3) is 0 Å². The van der Waals surface area contributed by atoms with Crippen LogP contribution in [0.4, 0.5) is 4.79 Å². The third-order valence-corrected chi connectivity index (χ3v) is 8.01. The lowest BCUT2D eigenvalue weighted by atomic mass is 9.90. The number of carbonyl (C=O) groups is 2. The molecule has 43 heavy (non-hydrogen) atoms. The number of carbonyl (C=O) groups excluding carboxylic acids is 2. The largest absolute Gasteiger partial charge is 0.444 e. The molecule has 3 N–H and O–H groups in total. The number of alkyl carbamates (subject to hydrolysis) is 1. The Hall–Kier alpha value is -3.25. The van der Waals surface area contributed by atoms with Gasteiger partial charge in [0.05, 0.1) is 37.3 Å². The van der Waals surface area contributed by atoms with Gasteiger partial charge in [-0.15, -0.1) is 0 Å². The van der Waals surface area contributed by atoms with Crippen LogP contribution in [0.3, 0.4) is 0 Å². The zero-order valence-electron chi connectivity index (χ0n) is 25.7. The van der Waals surface area contributed by atoms with E-state index >= 15 is 0 Å². The first-order valence-electron chi connectivity index (χ1n) is 14.7. The molecule has 4 unspecified atom stereocenters. The fourth-order valence-corrected chi connectivity index (χ4v) is 6.13. The predicted molar refractivity (Wildman–Crippen MR) is 166 cm³/mol. The van der Waals surface area contributed by atoms with Gasteiger partial charge >= 0.3 is 6.09 Å². The van der Waals surface area contributed by atoms with E-state index in [0.717, 1.165) is 11.1 Å². The maximum atomic E-state index is 14.0. The van der Waals surface area contributed by atoms with Gasteiger partial charge in [-0.05, 0) is 50.7 Å². The van der Waals surface area contributed by atoms with E-state index in [-0.39, 0.29) is 23.7 Å². The lowest BCUT2D eigenvalue weighted by Gasteiger charge is -2.35. The minimum absolute atomic E-state index is 0.0106. The van der Waals surface area contributed by atoms with Gasteiger partial charge in [0.2, 0.25) is 16.2 Å². The number of nitrogens with zero attached hydrogens (tertiary/aromatic N) is 1. The molecule has 2 aromatic carbocycles. The van der Waals surface area contributed by atoms with Crippen molar-refractivity contribution in [3.63, 3.8) is 0 Å². The number of morpholine rings is 1. The Morgan fingerprint density at radius 2 is 1.40 bits per heavy atom. The molecule has 2 amide bonds. The fraction of sp³-hybridized carbons (Fsp3) is 0.531. The van der Waals surface area contributed by atoms with E-state index in [1.165, 1.54) is 0 Å². The molecule has 1 saturated heterocycles. The van der Waals surface area contributed by atoms with E-state index in [2.05, 4.69) is 10.6 Å². The standard InChI is InChI=1S/C32H45N3O7S/c1-22(2)27(30(43(39)40)35-16-18-41-19-17-35)29(37)33-25(20-23-12-8-6-9-13-23)28(36)26(21-24-14-10-7-11-15-24)34-31(38)42-32(3,4)5/h6-15,22,25-28,36H,16-21H2,1-5H3,(H,33,37)(H,34,38). The van der Waals surface area contributed by atoms with Crippen molar-refractivity contribution in [1.29, 1.82) is 0 Å². The summed E-state index contributed by atoms with van der Waals surface area (Å²) < 4.78 is 35.9. The van der Waals surface area contributed by atoms with Crippen LogP contribution in [0.25, 0.3) is 0 Å². The van der Waals surface area contributed by atoms with Gasteiger partial charge < -0.3 is 25.2 Å². The second kappa shape index (κ2) is 16.0. The Balaban J connectivity index is 1.97. The first-order chi connectivity index (χ1) is 20.4. The Labute approximate surface area is 256 Å². The van der Waals surface area contributed by atoms with Gasteiger partial charge in [0.1, 0.15) is 10.6 Å². The average molecular weight is 616 g/mol. The van der Waals surface area contributed by atoms with Gasteiger partial charge in [0, 0.05) is 13.1 Å². The van der Waals surface area contributed by atoms with Crippen LogP contribution in [0.2, 0.25) is 0 Å². The minimum atomic E-state index is -2.65. The second-order valence-electron chi connectivity index (χ2n) is 12.1. The zero-order valence-corrected chi connectivity index (χ0v) is 26.5. The number of benzene rings is 2. The maximum Gasteiger partial charge on any atom is 0.407 e. The third-order valence-electron chi connectivity index (χ3n) is 7.16. The molecule has 3 rings (SSSR count). The normalized spacial score (nSPS) is 16.9. The highest BCUT2D eigenvalue weighted by Gasteiger charge is 2.38. The molecule has 236 valence electrons. The third kappa shape index (κ3) is 10.8. The fourth-order valence-electron chi connectivity index (χ4n) is 5.15. The summed E-state index contributed by atoms with van der Waals surface area (Å²) in [4.78, 5) is 28.6. The molecule has 2 aromatic rings. The quantitative estimate of drug-likeness (QED) is 0.329. The lowest BCUT2D eigenvalue weighted by molar-refractivity contribution is -0.126. The Kier molecular flexibility index (Phi) is 12.7. The van der Waals surface area contributed by atoms with E-state index in [0.29, 0.717) is 26.3 Å². The Morgan fingerprint density at radius 3 is 1.84 bits per heavy atom. The van der Waals surface area contributed by atoms with Crippen LogP contribution in [-0.4, -0.2) is 85.5 Å². The number of amides is 2. The predicted octanol–water partition coefficient (Wildman–Crippen LogP) is 2.82. The van der Waals surface area contributed by atoms with Crippen molar-refractivity contribution in [3.05, 3.63) is 71.8 Å². The molecule has 0 radical (unpaired) electrons. The lowest BCUT2D eigenvalue weighted by Crippen LogP contribution is -2.58. The SMILES string of the molecule is CC(C)C(C(=O)NC(Cc1ccccc1)C(O)C(Cc1ccccc1)NC(=O)OC(C)(C)C)C(N1CCOCC1)=S(=O)=O. The van der Waals surface area contributed by atoms with E-state index < -0.39 is 52.0 Å². The molecule has 0 bridgehead atoms. The molecule has 11 heteroatoms. The summed E-state index contributed by atoms with van der Waals surface area (Å²) in [5.74, 6) is -1.87. The highest BCUT2D eigenvalue weighted by atomic mass is 32.2. The zero-order chi connectivity index (χ0) is 31.6. The van der Waals surface area contributed by atoms with Gasteiger partial charge in [-0.1, -0.05) is 74.5 Å². The van der Waals surface area contributed by atoms with Crippen molar-refractivity contribution in [3.8, 4) is 0 Å². The summed E-state index contributed by atoms with van der Waals surface area (Å²) in [7, 11) is -2.65. The Bertz CT molecular complexity index is 1310. The molecule has 0 saturated carbocycles. The van der Waals surface area contributed by atoms with Crippen molar-refractivity contribution in [1.82, 2.24) is 15.5 Å². The molecule has 1 aliphatic heterocycles. The number of aliphatic hydroxyl groups excluding tert-OH is 1. The molecular weight excluding hydrogens is 570 g/mol. The molecule has 4 atom stereocenters. The van der Waals surface area contributed by atoms with Crippen molar-refractivity contribution >= 4 is 27.3 Å². The number of hydrogen-bond donors (Lipinski definition) is 3. The van der Waals surface area contributed by atoms with Gasteiger partial charge in [0.15, 0.2) is 0 Å². The average Bonchev–Trinajstić information content (AvgIpc) is 2.95. The second-order valence-corrected chi connectivity index (χ2v) is 13.0. The van der Waals surface area contributed by atoms with Crippen LogP contribution in [0.15, 0.2) is 60.7 Å². The van der Waals surface area contributed by atoms with Crippen molar-refractivity contribution in [2.75, 3.05) is 26.3 Å². The summed E-state index contributed by atoms with van der Waals surface area (Å²) in [6.45, 7) is 10.3. The van der Waals surface area contributed by atoms with Gasteiger partial charge in [-0.25, -0.2) is 4.79 Å². The van der Waals surface area contributed by atoms with Crippen LogP contribution >= 0.6 is 0 Å². The summed E-state index contributed by atoms with van der Waals surface area (Å²) in [5.41, 5.74) is 0.972. The van der Waals surface area contributed by atoms with Gasteiger partial charge in [-0.3, -0.25) is 9.69 Å². The monoisotopic (exact) mass is 615 g/mol. The topological polar surface area (TPSA) is 134 Å². The minimum Gasteiger partial charge on any atom is -0.444 e. The maximum absolute atomic E-state index is 14.0. The van der Waals surface area contributed by atoms with E-state index in [9.17, 15) is 23.1 Å². The number of rotatable bonds is 11. The van der Waals surface area contributed by atoms with Crippen LogP contribution in [0, 0.1) is 11.8 Å². The molecule has 0 spiro atoms. The van der Waals surface area contributed by atoms with E-state index in [1.54, 1.807) is 39.5 Å². The van der Waals surface area contributed by atoms with Crippen molar-refractivity contribution in [2.24, 2.45) is 11.8 Å². The molecule has 10 nitrogen and oxygen atoms in total. The number of ether oxygens (including phenoxy) is 2.